The van der Waals surface area contributed by atoms with Crippen LogP contribution in [0.3, 0.4) is 0 Å². The maximum Gasteiger partial charge on any atom is 0.338 e. The number of carboxylic acid groups (broad SMARTS) is 1. The Hall–Kier alpha value is -4.15. The van der Waals surface area contributed by atoms with Crippen molar-refractivity contribution in [3.8, 4) is 11.3 Å². The molecule has 1 aliphatic rings. The van der Waals surface area contributed by atoms with Gasteiger partial charge in [0.15, 0.2) is 4.80 Å². The fraction of sp³-hybridized carbons (Fsp3) is 0.172. The Balaban J connectivity index is 1.63. The Bertz CT molecular complexity index is 1790. The number of hydrogen-bond donors (Lipinski definition) is 1. The second-order valence-corrected chi connectivity index (χ2v) is 10.5. The molecule has 1 N–H and O–H groups in total. The van der Waals surface area contributed by atoms with Gasteiger partial charge in [-0.15, -0.1) is 11.8 Å². The molecule has 0 spiro atoms. The highest BCUT2D eigenvalue weighted by Gasteiger charge is 2.33. The summed E-state index contributed by atoms with van der Waals surface area (Å²) in [5.74, 6) is -0.813. The van der Waals surface area contributed by atoms with Gasteiger partial charge in [0.2, 0.25) is 0 Å². The fourth-order valence-corrected chi connectivity index (χ4v) is 5.92. The largest absolute Gasteiger partial charge is 0.478 e. The summed E-state index contributed by atoms with van der Waals surface area (Å²) in [5.41, 5.74) is 1.81. The lowest BCUT2D eigenvalue weighted by Crippen LogP contribution is -2.39. The van der Waals surface area contributed by atoms with Crippen molar-refractivity contribution in [2.45, 2.75) is 24.8 Å². The Morgan fingerprint density at radius 1 is 1.15 bits per heavy atom. The molecule has 0 saturated heterocycles. The maximum absolute atomic E-state index is 13.8. The van der Waals surface area contributed by atoms with Crippen molar-refractivity contribution >= 4 is 41.1 Å². The average Bonchev–Trinajstić information content (AvgIpc) is 3.52. The number of thiazole rings is 1. The number of hydrogen-bond acceptors (Lipinski definition) is 8. The second kappa shape index (κ2) is 10.9. The van der Waals surface area contributed by atoms with E-state index in [2.05, 4.69) is 4.99 Å². The predicted molar refractivity (Wildman–Crippen MR) is 150 cm³/mol. The van der Waals surface area contributed by atoms with Gasteiger partial charge in [0.25, 0.3) is 5.56 Å². The molecule has 10 heteroatoms. The number of allylic oxidation sites excluding steroid dienone is 1. The Morgan fingerprint density at radius 2 is 1.90 bits per heavy atom. The number of rotatable bonds is 7. The highest BCUT2D eigenvalue weighted by Crippen LogP contribution is 2.32. The van der Waals surface area contributed by atoms with E-state index in [0.29, 0.717) is 37.7 Å². The second-order valence-electron chi connectivity index (χ2n) is 8.63. The first-order valence-electron chi connectivity index (χ1n) is 12.1. The molecular formula is C29H24N2O6S2. The monoisotopic (exact) mass is 560 g/mol. The van der Waals surface area contributed by atoms with Gasteiger partial charge in [-0.2, -0.15) is 0 Å². The van der Waals surface area contributed by atoms with Crippen LogP contribution in [0, 0.1) is 0 Å². The molecule has 0 amide bonds. The SMILES string of the molecule is CCOC(=O)C1=C(C)N=c2s/c(=C\c3ccc(-c4ccccc4C(=O)O)o3)c(=O)n2[C@@H]1c1ccc(SC)cc1. The van der Waals surface area contributed by atoms with Crippen molar-refractivity contribution in [1.29, 1.82) is 0 Å². The first-order valence-corrected chi connectivity index (χ1v) is 14.1. The van der Waals surface area contributed by atoms with Crippen LogP contribution in [-0.4, -0.2) is 34.5 Å². The number of nitrogens with zero attached hydrogens (tertiary/aromatic N) is 2. The summed E-state index contributed by atoms with van der Waals surface area (Å²) in [4.78, 5) is 44.5. The molecule has 2 aromatic carbocycles. The molecule has 0 bridgehead atoms. The number of carbonyl (C=O) groups excluding carboxylic acids is 1. The number of carboxylic acids is 1. The molecule has 0 radical (unpaired) electrons. The molecule has 8 nitrogen and oxygen atoms in total. The van der Waals surface area contributed by atoms with Crippen LogP contribution in [0.1, 0.15) is 41.6 Å². The topological polar surface area (TPSA) is 111 Å². The summed E-state index contributed by atoms with van der Waals surface area (Å²) >= 11 is 2.79. The van der Waals surface area contributed by atoms with Crippen molar-refractivity contribution < 1.29 is 23.8 Å². The maximum atomic E-state index is 13.8. The lowest BCUT2D eigenvalue weighted by Gasteiger charge is -2.24. The molecule has 5 rings (SSSR count). The molecule has 2 aromatic heterocycles. The summed E-state index contributed by atoms with van der Waals surface area (Å²) in [6.45, 7) is 3.67. The van der Waals surface area contributed by atoms with Crippen molar-refractivity contribution in [1.82, 2.24) is 4.57 Å². The number of benzene rings is 2. The Labute approximate surface area is 231 Å². The van der Waals surface area contributed by atoms with Gasteiger partial charge in [-0.25, -0.2) is 14.6 Å². The van der Waals surface area contributed by atoms with E-state index < -0.39 is 18.0 Å². The van der Waals surface area contributed by atoms with Gasteiger partial charge in [0.05, 0.1) is 34.0 Å². The van der Waals surface area contributed by atoms with E-state index in [0.717, 1.165) is 10.5 Å². The number of aromatic nitrogens is 1. The number of fused-ring (bicyclic) bond motifs is 1. The van der Waals surface area contributed by atoms with E-state index in [1.807, 2.05) is 30.5 Å². The van der Waals surface area contributed by atoms with Crippen LogP contribution >= 0.6 is 23.1 Å². The van der Waals surface area contributed by atoms with E-state index >= 15 is 0 Å². The van der Waals surface area contributed by atoms with Gasteiger partial charge in [-0.05, 0) is 56.0 Å². The van der Waals surface area contributed by atoms with E-state index in [4.69, 9.17) is 9.15 Å². The first-order chi connectivity index (χ1) is 18.8. The minimum atomic E-state index is -1.06. The summed E-state index contributed by atoms with van der Waals surface area (Å²) in [6.07, 6.45) is 3.58. The number of esters is 1. The van der Waals surface area contributed by atoms with Crippen LogP contribution in [0.5, 0.6) is 0 Å². The quantitative estimate of drug-likeness (QED) is 0.262. The third-order valence-electron chi connectivity index (χ3n) is 6.27. The summed E-state index contributed by atoms with van der Waals surface area (Å²) in [5, 5.41) is 9.52. The van der Waals surface area contributed by atoms with Crippen molar-refractivity contribution in [2.75, 3.05) is 12.9 Å². The molecule has 3 heterocycles. The summed E-state index contributed by atoms with van der Waals surface area (Å²) < 4.78 is 13.1. The first kappa shape index (κ1) is 26.5. The number of ether oxygens (including phenoxy) is 1. The van der Waals surface area contributed by atoms with Gasteiger partial charge < -0.3 is 14.3 Å². The molecule has 1 aliphatic heterocycles. The average molecular weight is 561 g/mol. The molecule has 0 saturated carbocycles. The highest BCUT2D eigenvalue weighted by atomic mass is 32.2. The zero-order valence-electron chi connectivity index (χ0n) is 21.3. The number of thioether (sulfide) groups is 1. The molecule has 0 aliphatic carbocycles. The third kappa shape index (κ3) is 5.00. The summed E-state index contributed by atoms with van der Waals surface area (Å²) in [6, 6.07) is 16.9. The number of aromatic carboxylic acids is 1. The van der Waals surface area contributed by atoms with E-state index in [9.17, 15) is 19.5 Å². The standard InChI is InChI=1S/C29H24N2O6S2/c1-4-36-28(35)24-16(2)30-29-31(25(24)17-9-12-19(38-3)13-10-17)26(32)23(39-29)15-18-11-14-22(37-18)20-7-5-6-8-21(20)27(33)34/h5-15,25H,4H2,1-3H3,(H,33,34)/b23-15-/t25-/m1/s1. The van der Waals surface area contributed by atoms with Gasteiger partial charge in [0.1, 0.15) is 11.5 Å². The van der Waals surface area contributed by atoms with Crippen LogP contribution in [0.2, 0.25) is 0 Å². The van der Waals surface area contributed by atoms with Crippen LogP contribution in [0.4, 0.5) is 0 Å². The van der Waals surface area contributed by atoms with Gasteiger partial charge in [-0.3, -0.25) is 9.36 Å². The van der Waals surface area contributed by atoms with E-state index in [1.54, 1.807) is 62.0 Å². The molecule has 0 fully saturated rings. The number of carbonyl (C=O) groups is 2. The zero-order valence-corrected chi connectivity index (χ0v) is 23.0. The molecule has 1 atom stereocenters. The molecular weight excluding hydrogens is 536 g/mol. The predicted octanol–water partition coefficient (Wildman–Crippen LogP) is 4.48. The lowest BCUT2D eigenvalue weighted by molar-refractivity contribution is -0.139. The van der Waals surface area contributed by atoms with Crippen molar-refractivity contribution in [3.63, 3.8) is 0 Å². The minimum Gasteiger partial charge on any atom is -0.478 e. The van der Waals surface area contributed by atoms with E-state index in [1.165, 1.54) is 22.0 Å². The fourth-order valence-electron chi connectivity index (χ4n) is 4.48. The minimum absolute atomic E-state index is 0.118. The Kier molecular flexibility index (Phi) is 7.40. The number of furan rings is 1. The Morgan fingerprint density at radius 3 is 2.59 bits per heavy atom. The van der Waals surface area contributed by atoms with Crippen LogP contribution in [-0.2, 0) is 9.53 Å². The normalized spacial score (nSPS) is 15.2. The molecule has 0 unspecified atom stereocenters. The highest BCUT2D eigenvalue weighted by molar-refractivity contribution is 7.98. The molecule has 39 heavy (non-hydrogen) atoms. The van der Waals surface area contributed by atoms with Crippen LogP contribution in [0.15, 0.2) is 91.0 Å². The molecule has 198 valence electrons. The van der Waals surface area contributed by atoms with Crippen LogP contribution in [0.25, 0.3) is 17.4 Å². The summed E-state index contributed by atoms with van der Waals surface area (Å²) in [7, 11) is 0. The third-order valence-corrected chi connectivity index (χ3v) is 8.00. The van der Waals surface area contributed by atoms with Crippen molar-refractivity contribution in [2.24, 2.45) is 4.99 Å². The van der Waals surface area contributed by atoms with Crippen LogP contribution < -0.4 is 14.9 Å². The van der Waals surface area contributed by atoms with Gasteiger partial charge >= 0.3 is 11.9 Å². The van der Waals surface area contributed by atoms with Gasteiger partial charge in [0, 0.05) is 16.5 Å². The van der Waals surface area contributed by atoms with E-state index in [-0.39, 0.29) is 17.7 Å². The smallest absolute Gasteiger partial charge is 0.338 e. The zero-order chi connectivity index (χ0) is 27.7. The lowest BCUT2D eigenvalue weighted by atomic mass is 9.96. The molecule has 4 aromatic rings. The van der Waals surface area contributed by atoms with Gasteiger partial charge in [-0.1, -0.05) is 41.7 Å². The van der Waals surface area contributed by atoms with Crippen molar-refractivity contribution in [3.05, 3.63) is 109 Å².